The van der Waals surface area contributed by atoms with Gasteiger partial charge in [0.05, 0.1) is 0 Å². The SMILES string of the molecule is CC(C)c1ccc(N(C)c2ccc(C3CN(C(=O)N4CC5(CC(c6ccc(C(F)(F)F)nc6)C5)C4)C3)cn2)cc1. The minimum atomic E-state index is -4.42. The molecule has 6 rings (SSSR count). The summed E-state index contributed by atoms with van der Waals surface area (Å²) in [5.74, 6) is 1.88. The second-order valence-corrected chi connectivity index (χ2v) is 12.1. The van der Waals surface area contributed by atoms with Gasteiger partial charge in [-0.25, -0.2) is 9.78 Å². The van der Waals surface area contributed by atoms with Gasteiger partial charge in [-0.1, -0.05) is 38.1 Å². The predicted molar refractivity (Wildman–Crippen MR) is 148 cm³/mol. The maximum Gasteiger partial charge on any atom is 0.433 e. The average Bonchev–Trinajstić information content (AvgIpc) is 2.86. The summed E-state index contributed by atoms with van der Waals surface area (Å²) in [6.45, 7) is 7.19. The number of benzene rings is 1. The molecule has 40 heavy (non-hydrogen) atoms. The van der Waals surface area contributed by atoms with Crippen LogP contribution in [-0.2, 0) is 6.18 Å². The lowest BCUT2D eigenvalue weighted by Gasteiger charge is -2.60. The van der Waals surface area contributed by atoms with Crippen molar-refractivity contribution in [3.8, 4) is 0 Å². The van der Waals surface area contributed by atoms with E-state index < -0.39 is 11.9 Å². The monoisotopic (exact) mass is 549 g/mol. The number of alkyl halides is 3. The fourth-order valence-corrected chi connectivity index (χ4v) is 6.29. The Balaban J connectivity index is 0.960. The van der Waals surface area contributed by atoms with Crippen LogP contribution >= 0.6 is 0 Å². The van der Waals surface area contributed by atoms with Crippen LogP contribution in [0.3, 0.4) is 0 Å². The molecule has 2 amide bonds. The second-order valence-electron chi connectivity index (χ2n) is 12.1. The van der Waals surface area contributed by atoms with Gasteiger partial charge in [0.15, 0.2) is 0 Å². The lowest BCUT2D eigenvalue weighted by atomic mass is 9.56. The molecule has 9 heteroatoms. The molecule has 0 atom stereocenters. The number of carbonyl (C=O) groups is 1. The normalized spacial score (nSPS) is 18.9. The van der Waals surface area contributed by atoms with Crippen molar-refractivity contribution in [3.05, 3.63) is 83.3 Å². The first-order valence-corrected chi connectivity index (χ1v) is 13.9. The molecule has 3 aliphatic rings. The van der Waals surface area contributed by atoms with Crippen LogP contribution in [0.5, 0.6) is 0 Å². The molecular formula is C31H34F3N5O. The van der Waals surface area contributed by atoms with Gasteiger partial charge in [0.2, 0.25) is 0 Å². The van der Waals surface area contributed by atoms with Crippen LogP contribution in [0.2, 0.25) is 0 Å². The first-order chi connectivity index (χ1) is 19.0. The Morgan fingerprint density at radius 3 is 2.08 bits per heavy atom. The van der Waals surface area contributed by atoms with Gasteiger partial charge in [-0.15, -0.1) is 0 Å². The Labute approximate surface area is 232 Å². The summed E-state index contributed by atoms with van der Waals surface area (Å²) in [7, 11) is 2.01. The minimum absolute atomic E-state index is 0.0793. The van der Waals surface area contributed by atoms with Crippen LogP contribution in [0.25, 0.3) is 0 Å². The van der Waals surface area contributed by atoms with Gasteiger partial charge in [-0.3, -0.25) is 4.98 Å². The van der Waals surface area contributed by atoms with Crippen LogP contribution < -0.4 is 4.90 Å². The summed E-state index contributed by atoms with van der Waals surface area (Å²) in [6.07, 6.45) is 0.637. The standard InChI is InChI=1S/C31H34F3N5O/c1-20(2)21-4-8-26(9-5-21)37(3)28-11-7-23(15-36-28)25-16-38(17-25)29(40)39-18-30(19-39)12-24(13-30)22-6-10-27(35-14-22)31(32,33)34/h4-11,14-15,20,24-25H,12-13,16-19H2,1-3H3. The lowest BCUT2D eigenvalue weighted by Crippen LogP contribution is -2.67. The van der Waals surface area contributed by atoms with Gasteiger partial charge >= 0.3 is 12.2 Å². The molecule has 3 aromatic rings. The van der Waals surface area contributed by atoms with Crippen molar-refractivity contribution < 1.29 is 18.0 Å². The Bertz CT molecular complexity index is 1350. The van der Waals surface area contributed by atoms with Crippen LogP contribution in [0.4, 0.5) is 29.5 Å². The zero-order valence-electron chi connectivity index (χ0n) is 23.0. The Hall–Kier alpha value is -3.62. The van der Waals surface area contributed by atoms with Crippen molar-refractivity contribution in [2.45, 2.75) is 50.6 Å². The summed E-state index contributed by atoms with van der Waals surface area (Å²) in [6, 6.07) is 15.4. The third-order valence-corrected chi connectivity index (χ3v) is 8.92. The van der Waals surface area contributed by atoms with Crippen LogP contribution in [-0.4, -0.2) is 59.0 Å². The van der Waals surface area contributed by atoms with Crippen molar-refractivity contribution in [2.24, 2.45) is 5.41 Å². The zero-order valence-corrected chi connectivity index (χ0v) is 23.0. The highest BCUT2D eigenvalue weighted by Gasteiger charge is 2.55. The second kappa shape index (κ2) is 9.78. The van der Waals surface area contributed by atoms with E-state index in [9.17, 15) is 18.0 Å². The summed E-state index contributed by atoms with van der Waals surface area (Å²) in [5, 5.41) is 0. The molecule has 3 fully saturated rings. The highest BCUT2D eigenvalue weighted by atomic mass is 19.4. The van der Waals surface area contributed by atoms with E-state index in [0.29, 0.717) is 19.0 Å². The quantitative estimate of drug-likeness (QED) is 0.352. The molecule has 2 saturated heterocycles. The fraction of sp³-hybridized carbons (Fsp3) is 0.452. The lowest BCUT2D eigenvalue weighted by molar-refractivity contribution is -0.141. The topological polar surface area (TPSA) is 52.6 Å². The van der Waals surface area contributed by atoms with E-state index >= 15 is 0 Å². The number of nitrogens with zero attached hydrogens (tertiary/aromatic N) is 5. The van der Waals surface area contributed by atoms with Crippen LogP contribution in [0.15, 0.2) is 60.9 Å². The van der Waals surface area contributed by atoms with E-state index in [4.69, 9.17) is 0 Å². The Morgan fingerprint density at radius 1 is 0.900 bits per heavy atom. The zero-order chi connectivity index (χ0) is 28.2. The van der Waals surface area contributed by atoms with E-state index in [1.807, 2.05) is 29.1 Å². The van der Waals surface area contributed by atoms with Crippen molar-refractivity contribution in [1.82, 2.24) is 19.8 Å². The minimum Gasteiger partial charge on any atom is -0.329 e. The maximum absolute atomic E-state index is 13.0. The third kappa shape index (κ3) is 4.90. The molecule has 1 saturated carbocycles. The molecule has 1 aromatic carbocycles. The molecule has 1 aliphatic carbocycles. The third-order valence-electron chi connectivity index (χ3n) is 8.92. The molecule has 0 N–H and O–H groups in total. The average molecular weight is 550 g/mol. The van der Waals surface area contributed by atoms with E-state index in [2.05, 4.69) is 59.0 Å². The first kappa shape index (κ1) is 26.6. The molecule has 210 valence electrons. The summed E-state index contributed by atoms with van der Waals surface area (Å²) < 4.78 is 38.3. The van der Waals surface area contributed by atoms with Crippen molar-refractivity contribution in [1.29, 1.82) is 0 Å². The van der Waals surface area contributed by atoms with Gasteiger partial charge in [0.1, 0.15) is 11.5 Å². The van der Waals surface area contributed by atoms with Gasteiger partial charge in [0.25, 0.3) is 0 Å². The summed E-state index contributed by atoms with van der Waals surface area (Å²) in [5.41, 5.74) is 3.64. The smallest absolute Gasteiger partial charge is 0.329 e. The number of urea groups is 1. The maximum atomic E-state index is 13.0. The molecule has 2 aliphatic heterocycles. The summed E-state index contributed by atoms with van der Waals surface area (Å²) >= 11 is 0. The van der Waals surface area contributed by atoms with Crippen molar-refractivity contribution in [2.75, 3.05) is 38.1 Å². The van der Waals surface area contributed by atoms with E-state index in [-0.39, 0.29) is 23.3 Å². The van der Waals surface area contributed by atoms with Crippen molar-refractivity contribution in [3.63, 3.8) is 0 Å². The number of pyridine rings is 2. The summed E-state index contributed by atoms with van der Waals surface area (Å²) in [4.78, 5) is 27.1. The van der Waals surface area contributed by atoms with E-state index in [1.165, 1.54) is 11.8 Å². The van der Waals surface area contributed by atoms with E-state index in [1.54, 1.807) is 6.07 Å². The number of hydrogen-bond donors (Lipinski definition) is 0. The first-order valence-electron chi connectivity index (χ1n) is 13.9. The molecule has 4 heterocycles. The molecule has 0 bridgehead atoms. The van der Waals surface area contributed by atoms with Gasteiger partial charge in [0, 0.05) is 62.6 Å². The molecular weight excluding hydrogens is 515 g/mol. The number of carbonyl (C=O) groups excluding carboxylic acids is 1. The number of hydrogen-bond acceptors (Lipinski definition) is 4. The molecule has 0 radical (unpaired) electrons. The highest BCUT2D eigenvalue weighted by Crippen LogP contribution is 2.56. The van der Waals surface area contributed by atoms with Crippen LogP contribution in [0, 0.1) is 5.41 Å². The highest BCUT2D eigenvalue weighted by molar-refractivity contribution is 5.77. The number of amides is 2. The van der Waals surface area contributed by atoms with Gasteiger partial charge in [-0.05, 0) is 65.6 Å². The number of anilines is 2. The molecule has 2 aromatic heterocycles. The molecule has 6 nitrogen and oxygen atoms in total. The Morgan fingerprint density at radius 2 is 1.52 bits per heavy atom. The van der Waals surface area contributed by atoms with Crippen molar-refractivity contribution >= 4 is 17.5 Å². The van der Waals surface area contributed by atoms with E-state index in [0.717, 1.165) is 54.6 Å². The molecule has 1 spiro atoms. The Kier molecular flexibility index (Phi) is 6.50. The number of halogens is 3. The fourth-order valence-electron chi connectivity index (χ4n) is 6.29. The largest absolute Gasteiger partial charge is 0.433 e. The van der Waals surface area contributed by atoms with Crippen LogP contribution in [0.1, 0.15) is 66.8 Å². The number of aromatic nitrogens is 2. The molecule has 0 unspecified atom stereocenters. The van der Waals surface area contributed by atoms with Gasteiger partial charge in [-0.2, -0.15) is 13.2 Å². The predicted octanol–water partition coefficient (Wildman–Crippen LogP) is 6.79. The number of rotatable bonds is 5. The van der Waals surface area contributed by atoms with Gasteiger partial charge < -0.3 is 14.7 Å². The number of likely N-dealkylation sites (tertiary alicyclic amines) is 2.